The quantitative estimate of drug-likeness (QED) is 0.564. The van der Waals surface area contributed by atoms with Crippen LogP contribution in [0.15, 0.2) is 55.0 Å². The molecule has 0 bridgehead atoms. The molecule has 0 radical (unpaired) electrons. The van der Waals surface area contributed by atoms with Gasteiger partial charge in [0.2, 0.25) is 0 Å². The van der Waals surface area contributed by atoms with Crippen molar-refractivity contribution in [1.29, 1.82) is 5.26 Å². The molecule has 28 heavy (non-hydrogen) atoms. The Kier molecular flexibility index (Phi) is 6.25. The number of rotatable bonds is 8. The van der Waals surface area contributed by atoms with Crippen molar-refractivity contribution in [1.82, 2.24) is 19.7 Å². The molecule has 142 valence electrons. The molecule has 2 aromatic heterocycles. The summed E-state index contributed by atoms with van der Waals surface area (Å²) < 4.78 is 14.6. The Morgan fingerprint density at radius 2 is 2.04 bits per heavy atom. The first kappa shape index (κ1) is 19.4. The maximum atomic E-state index is 13.0. The average Bonchev–Trinajstić information content (AvgIpc) is 3.18. The Hall–Kier alpha value is -3.37. The Balaban J connectivity index is 1.60. The van der Waals surface area contributed by atoms with E-state index in [2.05, 4.69) is 15.0 Å². The summed E-state index contributed by atoms with van der Waals surface area (Å²) in [7, 11) is 2.01. The summed E-state index contributed by atoms with van der Waals surface area (Å²) >= 11 is 0. The van der Waals surface area contributed by atoms with Crippen molar-refractivity contribution in [2.24, 2.45) is 0 Å². The van der Waals surface area contributed by atoms with Gasteiger partial charge in [0.15, 0.2) is 11.6 Å². The maximum Gasteiger partial charge on any atom is 0.177 e. The minimum absolute atomic E-state index is 0.159. The van der Waals surface area contributed by atoms with Crippen molar-refractivity contribution in [3.63, 3.8) is 0 Å². The number of pyridine rings is 1. The molecule has 0 aliphatic carbocycles. The Morgan fingerprint density at radius 3 is 2.79 bits per heavy atom. The molecule has 0 unspecified atom stereocenters. The SMILES string of the molecule is CN(CCc1cnn(-c2cc(C(=O)CC#N)ccn2)c1)Cc1ccc(F)cc1. The van der Waals surface area contributed by atoms with E-state index in [0.717, 1.165) is 30.6 Å². The van der Waals surface area contributed by atoms with Crippen LogP contribution in [0, 0.1) is 17.1 Å². The normalized spacial score (nSPS) is 10.8. The van der Waals surface area contributed by atoms with Crippen molar-refractivity contribution in [2.45, 2.75) is 19.4 Å². The number of benzene rings is 1. The summed E-state index contributed by atoms with van der Waals surface area (Å²) in [5.41, 5.74) is 2.55. The van der Waals surface area contributed by atoms with Gasteiger partial charge in [-0.3, -0.25) is 4.79 Å². The van der Waals surface area contributed by atoms with E-state index in [4.69, 9.17) is 5.26 Å². The molecule has 1 aromatic carbocycles. The van der Waals surface area contributed by atoms with Crippen LogP contribution < -0.4 is 0 Å². The molecule has 0 saturated carbocycles. The number of Topliss-reactive ketones (excluding diaryl/α,β-unsaturated/α-hetero) is 1. The molecule has 0 N–H and O–H groups in total. The molecule has 0 aliphatic heterocycles. The second-order valence-electron chi connectivity index (χ2n) is 6.57. The van der Waals surface area contributed by atoms with Gasteiger partial charge in [-0.05, 0) is 48.9 Å². The van der Waals surface area contributed by atoms with E-state index >= 15 is 0 Å². The number of aromatic nitrogens is 3. The van der Waals surface area contributed by atoms with E-state index in [1.807, 2.05) is 19.3 Å². The van der Waals surface area contributed by atoms with E-state index in [0.29, 0.717) is 11.4 Å². The molecule has 0 amide bonds. The van der Waals surface area contributed by atoms with Crippen LogP contribution in [0.25, 0.3) is 5.82 Å². The number of nitriles is 1. The molecule has 0 atom stereocenters. The number of halogens is 1. The van der Waals surface area contributed by atoms with Crippen LogP contribution in [0.1, 0.15) is 27.9 Å². The first-order chi connectivity index (χ1) is 13.5. The number of carbonyl (C=O) groups excluding carboxylic acids is 1. The monoisotopic (exact) mass is 377 g/mol. The molecule has 6 nitrogen and oxygen atoms in total. The molecular formula is C21H20FN5O. The highest BCUT2D eigenvalue weighted by Crippen LogP contribution is 2.11. The van der Waals surface area contributed by atoms with Crippen molar-refractivity contribution in [3.05, 3.63) is 77.5 Å². The van der Waals surface area contributed by atoms with Gasteiger partial charge in [0.1, 0.15) is 5.82 Å². The summed E-state index contributed by atoms with van der Waals surface area (Å²) in [6, 6.07) is 11.6. The summed E-state index contributed by atoms with van der Waals surface area (Å²) in [4.78, 5) is 18.3. The van der Waals surface area contributed by atoms with Gasteiger partial charge in [-0.1, -0.05) is 12.1 Å². The molecular weight excluding hydrogens is 357 g/mol. The topological polar surface area (TPSA) is 74.8 Å². The molecule has 0 saturated heterocycles. The third kappa shape index (κ3) is 5.09. The lowest BCUT2D eigenvalue weighted by Gasteiger charge is -2.16. The fourth-order valence-corrected chi connectivity index (χ4v) is 2.81. The van der Waals surface area contributed by atoms with Crippen LogP contribution in [-0.2, 0) is 13.0 Å². The minimum atomic E-state index is -0.235. The third-order valence-corrected chi connectivity index (χ3v) is 4.33. The van der Waals surface area contributed by atoms with Crippen molar-refractivity contribution < 1.29 is 9.18 Å². The van der Waals surface area contributed by atoms with Gasteiger partial charge in [0.25, 0.3) is 0 Å². The van der Waals surface area contributed by atoms with Crippen molar-refractivity contribution in [2.75, 3.05) is 13.6 Å². The predicted octanol–water partition coefficient (Wildman–Crippen LogP) is 3.18. The molecule has 0 fully saturated rings. The highest BCUT2D eigenvalue weighted by molar-refractivity contribution is 5.97. The maximum absolute atomic E-state index is 13.0. The molecule has 2 heterocycles. The Bertz CT molecular complexity index is 991. The molecule has 0 aliphatic rings. The molecule has 7 heteroatoms. The summed E-state index contributed by atoms with van der Waals surface area (Å²) in [6.45, 7) is 1.55. The zero-order valence-corrected chi connectivity index (χ0v) is 15.5. The fraction of sp³-hybridized carbons (Fsp3) is 0.238. The number of hydrogen-bond acceptors (Lipinski definition) is 5. The fourth-order valence-electron chi connectivity index (χ4n) is 2.81. The van der Waals surface area contributed by atoms with Crippen LogP contribution in [0.3, 0.4) is 0 Å². The Morgan fingerprint density at radius 1 is 1.25 bits per heavy atom. The lowest BCUT2D eigenvalue weighted by molar-refractivity contribution is 0.0997. The second kappa shape index (κ2) is 9.02. The van der Waals surface area contributed by atoms with Gasteiger partial charge < -0.3 is 4.90 Å². The average molecular weight is 377 g/mol. The zero-order chi connectivity index (χ0) is 19.9. The van der Waals surface area contributed by atoms with Crippen molar-refractivity contribution in [3.8, 4) is 11.9 Å². The lowest BCUT2D eigenvalue weighted by atomic mass is 10.1. The zero-order valence-electron chi connectivity index (χ0n) is 15.5. The standard InChI is InChI=1S/C21H20FN5O/c1-26(14-16-2-4-19(22)5-3-16)11-8-17-13-25-27(15-17)21-12-18(7-10-24-21)20(28)6-9-23/h2-5,7,10,12-13,15H,6,8,11,14H2,1H3. The Labute approximate surface area is 162 Å². The number of nitrogens with zero attached hydrogens (tertiary/aromatic N) is 5. The van der Waals surface area contributed by atoms with Gasteiger partial charge in [-0.15, -0.1) is 0 Å². The summed E-state index contributed by atoms with van der Waals surface area (Å²) in [5.74, 6) is 0.0708. The van der Waals surface area contributed by atoms with Crippen LogP contribution in [0.4, 0.5) is 4.39 Å². The van der Waals surface area contributed by atoms with E-state index in [9.17, 15) is 9.18 Å². The van der Waals surface area contributed by atoms with E-state index < -0.39 is 0 Å². The number of carbonyl (C=O) groups is 1. The van der Waals surface area contributed by atoms with Crippen LogP contribution in [0.2, 0.25) is 0 Å². The minimum Gasteiger partial charge on any atom is -0.302 e. The first-order valence-electron chi connectivity index (χ1n) is 8.88. The summed E-state index contributed by atoms with van der Waals surface area (Å²) in [6.07, 6.45) is 5.83. The smallest absolute Gasteiger partial charge is 0.177 e. The second-order valence-corrected chi connectivity index (χ2v) is 6.57. The summed E-state index contributed by atoms with van der Waals surface area (Å²) in [5, 5.41) is 13.0. The molecule has 3 rings (SSSR count). The first-order valence-corrected chi connectivity index (χ1v) is 8.88. The van der Waals surface area contributed by atoms with Gasteiger partial charge in [0.05, 0.1) is 18.7 Å². The third-order valence-electron chi connectivity index (χ3n) is 4.33. The van der Waals surface area contributed by atoms with Gasteiger partial charge in [0, 0.05) is 31.0 Å². The van der Waals surface area contributed by atoms with Gasteiger partial charge in [-0.25, -0.2) is 14.1 Å². The van der Waals surface area contributed by atoms with E-state index in [1.54, 1.807) is 35.1 Å². The van der Waals surface area contributed by atoms with Gasteiger partial charge >= 0.3 is 0 Å². The van der Waals surface area contributed by atoms with E-state index in [-0.39, 0.29) is 18.0 Å². The van der Waals surface area contributed by atoms with Gasteiger partial charge in [-0.2, -0.15) is 10.4 Å². The van der Waals surface area contributed by atoms with Crippen molar-refractivity contribution >= 4 is 5.78 Å². The van der Waals surface area contributed by atoms with Crippen LogP contribution in [-0.4, -0.2) is 39.0 Å². The molecule has 3 aromatic rings. The number of ketones is 1. The molecule has 0 spiro atoms. The predicted molar refractivity (Wildman–Crippen MR) is 102 cm³/mol. The highest BCUT2D eigenvalue weighted by atomic mass is 19.1. The number of likely N-dealkylation sites (N-methyl/N-ethyl adjacent to an activating group) is 1. The largest absolute Gasteiger partial charge is 0.302 e. The van der Waals surface area contributed by atoms with E-state index in [1.165, 1.54) is 18.3 Å². The number of hydrogen-bond donors (Lipinski definition) is 0. The van der Waals surface area contributed by atoms with Crippen LogP contribution >= 0.6 is 0 Å². The lowest BCUT2D eigenvalue weighted by Crippen LogP contribution is -2.20. The highest BCUT2D eigenvalue weighted by Gasteiger charge is 2.09. The van der Waals surface area contributed by atoms with Crippen LogP contribution in [0.5, 0.6) is 0 Å².